The summed E-state index contributed by atoms with van der Waals surface area (Å²) < 4.78 is 28.2. The van der Waals surface area contributed by atoms with Crippen molar-refractivity contribution in [3.63, 3.8) is 0 Å². The summed E-state index contributed by atoms with van der Waals surface area (Å²) in [5.74, 6) is -0.0975. The number of carbonyl (C=O) groups is 1. The van der Waals surface area contributed by atoms with Gasteiger partial charge in [-0.2, -0.15) is 0 Å². The molecule has 0 aliphatic rings. The van der Waals surface area contributed by atoms with E-state index in [1.165, 1.54) is 31.2 Å². The second kappa shape index (κ2) is 6.59. The molecule has 7 nitrogen and oxygen atoms in total. The van der Waals surface area contributed by atoms with Gasteiger partial charge in [0.05, 0.1) is 11.1 Å². The maximum Gasteiger partial charge on any atom is 0.240 e. The summed E-state index contributed by atoms with van der Waals surface area (Å²) in [5.41, 5.74) is 0.486. The summed E-state index contributed by atoms with van der Waals surface area (Å²) in [4.78, 5) is 11.3. The van der Waals surface area contributed by atoms with E-state index >= 15 is 0 Å². The zero-order valence-electron chi connectivity index (χ0n) is 11.6. The third-order valence-corrected chi connectivity index (χ3v) is 4.38. The highest BCUT2D eigenvalue weighted by Gasteiger charge is 2.13. The quantitative estimate of drug-likeness (QED) is 0.604. The summed E-state index contributed by atoms with van der Waals surface area (Å²) >= 11 is 0. The van der Waals surface area contributed by atoms with Gasteiger partial charge >= 0.3 is 0 Å². The first-order valence-electron chi connectivity index (χ1n) is 6.44. The average Bonchev–Trinajstić information content (AvgIpc) is 2.97. The highest BCUT2D eigenvalue weighted by molar-refractivity contribution is 7.89. The minimum atomic E-state index is -3.55. The van der Waals surface area contributed by atoms with Crippen LogP contribution in [0.5, 0.6) is 0 Å². The zero-order chi connectivity index (χ0) is 15.3. The molecule has 0 unspecified atom stereocenters. The number of nitrogens with one attached hydrogen (secondary N) is 1. The Bertz CT molecular complexity index is 694. The molecule has 0 aliphatic heterocycles. The van der Waals surface area contributed by atoms with Gasteiger partial charge in [-0.25, -0.2) is 13.1 Å². The van der Waals surface area contributed by atoms with Gasteiger partial charge in [-0.05, 0) is 25.5 Å². The Morgan fingerprint density at radius 1 is 1.29 bits per heavy atom. The molecule has 8 heteroatoms. The number of sulfonamides is 1. The summed E-state index contributed by atoms with van der Waals surface area (Å²) in [6.45, 7) is 2.33. The highest BCUT2D eigenvalue weighted by atomic mass is 32.2. The number of Topliss-reactive ketones (excluding diaryl/α,β-unsaturated/α-hetero) is 1. The molecule has 0 saturated carbocycles. The number of hydrogen-bond acceptors (Lipinski definition) is 5. The van der Waals surface area contributed by atoms with Gasteiger partial charge in [0.2, 0.25) is 10.0 Å². The van der Waals surface area contributed by atoms with E-state index in [0.717, 1.165) is 0 Å². The second-order valence-corrected chi connectivity index (χ2v) is 6.26. The number of aryl methyl sites for hydroxylation is 1. The molecule has 0 saturated heterocycles. The first-order chi connectivity index (χ1) is 9.99. The van der Waals surface area contributed by atoms with Gasteiger partial charge in [-0.1, -0.05) is 17.3 Å². The molecule has 1 heterocycles. The summed E-state index contributed by atoms with van der Waals surface area (Å²) in [6.07, 6.45) is 3.89. The fourth-order valence-corrected chi connectivity index (χ4v) is 2.83. The topological polar surface area (TPSA) is 94.0 Å². The SMILES string of the molecule is CC(=O)c1ccc(S(=O)(=O)NCCCn2ccnn2)cc1. The first kappa shape index (κ1) is 15.3. The van der Waals surface area contributed by atoms with E-state index in [4.69, 9.17) is 0 Å². The third kappa shape index (κ3) is 4.20. The molecule has 0 amide bonds. The smallest absolute Gasteiger partial charge is 0.240 e. The highest BCUT2D eigenvalue weighted by Crippen LogP contribution is 2.10. The van der Waals surface area contributed by atoms with Gasteiger partial charge in [0, 0.05) is 24.8 Å². The van der Waals surface area contributed by atoms with Gasteiger partial charge in [0.25, 0.3) is 0 Å². The van der Waals surface area contributed by atoms with E-state index in [0.29, 0.717) is 25.1 Å². The molecule has 21 heavy (non-hydrogen) atoms. The molecular formula is C13H16N4O3S. The standard InChI is InChI=1S/C13H16N4O3S/c1-11(18)12-3-5-13(6-4-12)21(19,20)15-7-2-9-17-10-8-14-16-17/h3-6,8,10,15H,2,7,9H2,1H3. The van der Waals surface area contributed by atoms with Crippen LogP contribution in [0.15, 0.2) is 41.6 Å². The Balaban J connectivity index is 1.90. The number of nitrogens with zero attached hydrogens (tertiary/aromatic N) is 3. The number of carbonyl (C=O) groups excluding carboxylic acids is 1. The largest absolute Gasteiger partial charge is 0.295 e. The normalized spacial score (nSPS) is 11.5. The Labute approximate surface area is 123 Å². The van der Waals surface area contributed by atoms with Gasteiger partial charge in [-0.3, -0.25) is 9.48 Å². The van der Waals surface area contributed by atoms with Crippen LogP contribution in [0.25, 0.3) is 0 Å². The Hall–Kier alpha value is -2.06. The van der Waals surface area contributed by atoms with Crippen molar-refractivity contribution in [1.82, 2.24) is 19.7 Å². The number of rotatable bonds is 7. The van der Waals surface area contributed by atoms with Gasteiger partial charge in [-0.15, -0.1) is 5.10 Å². The molecule has 1 aromatic carbocycles. The number of benzene rings is 1. The molecule has 0 aliphatic carbocycles. The van der Waals surface area contributed by atoms with Gasteiger partial charge in [0.15, 0.2) is 5.78 Å². The van der Waals surface area contributed by atoms with Crippen molar-refractivity contribution in [2.24, 2.45) is 0 Å². The van der Waals surface area contributed by atoms with E-state index in [1.807, 2.05) is 0 Å². The van der Waals surface area contributed by atoms with E-state index in [-0.39, 0.29) is 10.7 Å². The van der Waals surface area contributed by atoms with Crippen molar-refractivity contribution in [3.05, 3.63) is 42.2 Å². The monoisotopic (exact) mass is 308 g/mol. The maximum absolute atomic E-state index is 12.0. The molecule has 0 fully saturated rings. The van der Waals surface area contributed by atoms with Crippen LogP contribution in [0.2, 0.25) is 0 Å². The van der Waals surface area contributed by atoms with Crippen LogP contribution in [-0.2, 0) is 16.6 Å². The van der Waals surface area contributed by atoms with Crippen LogP contribution in [-0.4, -0.2) is 35.7 Å². The van der Waals surface area contributed by atoms with E-state index < -0.39 is 10.0 Å². The average molecular weight is 308 g/mol. The minimum absolute atomic E-state index is 0.0975. The van der Waals surface area contributed by atoms with Crippen LogP contribution in [0.3, 0.4) is 0 Å². The Kier molecular flexibility index (Phi) is 4.81. The summed E-state index contributed by atoms with van der Waals surface area (Å²) in [7, 11) is -3.55. The molecule has 0 radical (unpaired) electrons. The number of ketones is 1. The van der Waals surface area contributed by atoms with Crippen molar-refractivity contribution >= 4 is 15.8 Å². The van der Waals surface area contributed by atoms with Crippen LogP contribution in [0.1, 0.15) is 23.7 Å². The van der Waals surface area contributed by atoms with Crippen LogP contribution >= 0.6 is 0 Å². The Morgan fingerprint density at radius 3 is 2.57 bits per heavy atom. The van der Waals surface area contributed by atoms with Crippen LogP contribution in [0, 0.1) is 0 Å². The van der Waals surface area contributed by atoms with E-state index in [2.05, 4.69) is 15.0 Å². The van der Waals surface area contributed by atoms with Crippen molar-refractivity contribution in [3.8, 4) is 0 Å². The summed E-state index contributed by atoms with van der Waals surface area (Å²) in [6, 6.07) is 5.87. The minimum Gasteiger partial charge on any atom is -0.295 e. The van der Waals surface area contributed by atoms with Crippen LogP contribution < -0.4 is 4.72 Å². The summed E-state index contributed by atoms with van der Waals surface area (Å²) in [5, 5.41) is 7.46. The lowest BCUT2D eigenvalue weighted by atomic mass is 10.2. The van der Waals surface area contributed by atoms with Crippen LogP contribution in [0.4, 0.5) is 0 Å². The molecular weight excluding hydrogens is 292 g/mol. The van der Waals surface area contributed by atoms with Crippen molar-refractivity contribution in [1.29, 1.82) is 0 Å². The predicted molar refractivity (Wildman–Crippen MR) is 76.3 cm³/mol. The third-order valence-electron chi connectivity index (χ3n) is 2.90. The lowest BCUT2D eigenvalue weighted by molar-refractivity contribution is 0.101. The lowest BCUT2D eigenvalue weighted by Crippen LogP contribution is -2.25. The molecule has 0 bridgehead atoms. The van der Waals surface area contributed by atoms with Crippen molar-refractivity contribution < 1.29 is 13.2 Å². The lowest BCUT2D eigenvalue weighted by Gasteiger charge is -2.07. The maximum atomic E-state index is 12.0. The van der Waals surface area contributed by atoms with E-state index in [1.54, 1.807) is 17.1 Å². The molecule has 0 spiro atoms. The molecule has 1 aromatic heterocycles. The Morgan fingerprint density at radius 2 is 2.00 bits per heavy atom. The zero-order valence-corrected chi connectivity index (χ0v) is 12.4. The van der Waals surface area contributed by atoms with Gasteiger partial charge < -0.3 is 0 Å². The first-order valence-corrected chi connectivity index (χ1v) is 7.92. The van der Waals surface area contributed by atoms with E-state index in [9.17, 15) is 13.2 Å². The predicted octanol–water partition coefficient (Wildman–Crippen LogP) is 0.849. The molecule has 2 rings (SSSR count). The number of hydrogen-bond donors (Lipinski definition) is 1. The van der Waals surface area contributed by atoms with Gasteiger partial charge in [0.1, 0.15) is 0 Å². The fourth-order valence-electron chi connectivity index (χ4n) is 1.75. The van der Waals surface area contributed by atoms with Crippen molar-refractivity contribution in [2.75, 3.05) is 6.54 Å². The van der Waals surface area contributed by atoms with Crippen molar-refractivity contribution in [2.45, 2.75) is 24.8 Å². The number of aromatic nitrogens is 3. The molecule has 0 atom stereocenters. The fraction of sp³-hybridized carbons (Fsp3) is 0.308. The second-order valence-electron chi connectivity index (χ2n) is 4.50. The molecule has 112 valence electrons. The molecule has 1 N–H and O–H groups in total. The molecule has 2 aromatic rings.